The highest BCUT2D eigenvalue weighted by Crippen LogP contribution is 2.19. The summed E-state index contributed by atoms with van der Waals surface area (Å²) in [5.41, 5.74) is 10.5. The van der Waals surface area contributed by atoms with Gasteiger partial charge in [-0.25, -0.2) is 4.79 Å². The van der Waals surface area contributed by atoms with Crippen LogP contribution < -0.4 is 22.1 Å². The van der Waals surface area contributed by atoms with Gasteiger partial charge in [0.1, 0.15) is 18.1 Å². The molecule has 9 N–H and O–H groups in total. The van der Waals surface area contributed by atoms with Gasteiger partial charge in [0.2, 0.25) is 23.6 Å². The molecular formula is C18H29N5O9. The fourth-order valence-electron chi connectivity index (χ4n) is 3.25. The molecule has 1 aliphatic heterocycles. The van der Waals surface area contributed by atoms with E-state index in [0.29, 0.717) is 6.42 Å². The molecule has 1 heterocycles. The van der Waals surface area contributed by atoms with E-state index >= 15 is 0 Å². The van der Waals surface area contributed by atoms with E-state index in [2.05, 4.69) is 10.6 Å². The molecule has 180 valence electrons. The second-order valence-electron chi connectivity index (χ2n) is 7.53. The van der Waals surface area contributed by atoms with Crippen molar-refractivity contribution in [2.45, 2.75) is 69.3 Å². The molecule has 14 heteroatoms. The predicted molar refractivity (Wildman–Crippen MR) is 107 cm³/mol. The number of nitrogens with two attached hydrogens (primary N) is 2. The van der Waals surface area contributed by atoms with Crippen molar-refractivity contribution in [3.8, 4) is 0 Å². The molecule has 1 saturated heterocycles. The summed E-state index contributed by atoms with van der Waals surface area (Å²) in [5, 5.41) is 32.6. The van der Waals surface area contributed by atoms with E-state index < -0.39 is 78.7 Å². The Morgan fingerprint density at radius 2 is 1.72 bits per heavy atom. The zero-order valence-electron chi connectivity index (χ0n) is 17.5. The van der Waals surface area contributed by atoms with Gasteiger partial charge < -0.3 is 42.3 Å². The van der Waals surface area contributed by atoms with Crippen LogP contribution in [0.2, 0.25) is 0 Å². The third-order valence-electron chi connectivity index (χ3n) is 4.90. The highest BCUT2D eigenvalue weighted by atomic mass is 16.4. The lowest BCUT2D eigenvalue weighted by Gasteiger charge is -2.29. The minimum Gasteiger partial charge on any atom is -0.481 e. The number of primary amides is 1. The highest BCUT2D eigenvalue weighted by molar-refractivity contribution is 5.95. The number of aliphatic hydroxyl groups excluding tert-OH is 1. The molecule has 1 fully saturated rings. The van der Waals surface area contributed by atoms with Gasteiger partial charge in [-0.1, -0.05) is 0 Å². The van der Waals surface area contributed by atoms with Gasteiger partial charge in [0, 0.05) is 13.0 Å². The van der Waals surface area contributed by atoms with Gasteiger partial charge in [0.15, 0.2) is 0 Å². The van der Waals surface area contributed by atoms with Crippen molar-refractivity contribution in [3.63, 3.8) is 0 Å². The van der Waals surface area contributed by atoms with E-state index in [-0.39, 0.29) is 19.4 Å². The first-order valence-electron chi connectivity index (χ1n) is 9.92. The molecule has 1 aliphatic rings. The lowest BCUT2D eigenvalue weighted by atomic mass is 10.1. The Labute approximate surface area is 183 Å². The molecule has 0 aromatic rings. The van der Waals surface area contributed by atoms with Crippen LogP contribution >= 0.6 is 0 Å². The smallest absolute Gasteiger partial charge is 0.326 e. The summed E-state index contributed by atoms with van der Waals surface area (Å²) in [6.07, 6.45) is -2.17. The Kier molecular flexibility index (Phi) is 10.00. The quantitative estimate of drug-likeness (QED) is 0.152. The number of aliphatic carboxylic acids is 2. The van der Waals surface area contributed by atoms with Crippen molar-refractivity contribution in [1.82, 2.24) is 15.5 Å². The standard InChI is InChI=1S/C18H29N5O9/c1-8(24)14(22-15(28)9(19)7-12(20)25)16(29)21-10(4-5-13(26)27)17(30)23-6-2-3-11(23)18(31)32/h8-11,14,24H,2-7,19H2,1H3,(H2,20,25)(H,21,29)(H,22,28)(H,26,27)(H,31,32). The third-order valence-corrected chi connectivity index (χ3v) is 4.90. The first kappa shape index (κ1) is 26.8. The maximum Gasteiger partial charge on any atom is 0.326 e. The van der Waals surface area contributed by atoms with Gasteiger partial charge in [-0.05, 0) is 26.2 Å². The summed E-state index contributed by atoms with van der Waals surface area (Å²) in [6, 6.07) is -5.48. The number of amides is 4. The number of rotatable bonds is 12. The Hall–Kier alpha value is -3.26. The van der Waals surface area contributed by atoms with E-state index in [1.54, 1.807) is 0 Å². The molecular weight excluding hydrogens is 430 g/mol. The molecule has 4 amide bonds. The summed E-state index contributed by atoms with van der Waals surface area (Å²) in [5.74, 6) is -6.09. The number of carboxylic acids is 2. The number of carbonyl (C=O) groups excluding carboxylic acids is 4. The Balaban J connectivity index is 2.99. The zero-order valence-corrected chi connectivity index (χ0v) is 17.5. The van der Waals surface area contributed by atoms with Crippen molar-refractivity contribution >= 4 is 35.6 Å². The van der Waals surface area contributed by atoms with E-state index in [0.717, 1.165) is 4.90 Å². The van der Waals surface area contributed by atoms with Crippen LogP contribution in [-0.4, -0.2) is 92.6 Å². The Morgan fingerprint density at radius 1 is 1.09 bits per heavy atom. The first-order chi connectivity index (χ1) is 14.8. The number of nitrogens with zero attached hydrogens (tertiary/aromatic N) is 1. The largest absolute Gasteiger partial charge is 0.481 e. The van der Waals surface area contributed by atoms with E-state index in [1.807, 2.05) is 0 Å². The maximum atomic E-state index is 12.9. The molecule has 5 atom stereocenters. The second kappa shape index (κ2) is 12.0. The summed E-state index contributed by atoms with van der Waals surface area (Å²) >= 11 is 0. The Bertz CT molecular complexity index is 757. The molecule has 1 rings (SSSR count). The van der Waals surface area contributed by atoms with E-state index in [9.17, 15) is 39.0 Å². The molecule has 5 unspecified atom stereocenters. The second-order valence-corrected chi connectivity index (χ2v) is 7.53. The zero-order chi connectivity index (χ0) is 24.6. The topological polar surface area (TPSA) is 242 Å². The number of aliphatic hydroxyl groups is 1. The van der Waals surface area contributed by atoms with Crippen LogP contribution in [0.3, 0.4) is 0 Å². The molecule has 0 aromatic heterocycles. The van der Waals surface area contributed by atoms with Crippen LogP contribution in [0.15, 0.2) is 0 Å². The van der Waals surface area contributed by atoms with Crippen LogP contribution in [0.5, 0.6) is 0 Å². The van der Waals surface area contributed by atoms with E-state index in [4.69, 9.17) is 16.6 Å². The van der Waals surface area contributed by atoms with Crippen molar-refractivity contribution < 1.29 is 44.1 Å². The molecule has 32 heavy (non-hydrogen) atoms. The van der Waals surface area contributed by atoms with Crippen LogP contribution in [0.4, 0.5) is 0 Å². The SMILES string of the molecule is CC(O)C(NC(=O)C(N)CC(N)=O)C(=O)NC(CCC(=O)O)C(=O)N1CCCC1C(=O)O. The van der Waals surface area contributed by atoms with Crippen molar-refractivity contribution in [2.75, 3.05) is 6.54 Å². The van der Waals surface area contributed by atoms with Crippen LogP contribution in [-0.2, 0) is 28.8 Å². The fraction of sp³-hybridized carbons (Fsp3) is 0.667. The summed E-state index contributed by atoms with van der Waals surface area (Å²) in [4.78, 5) is 72.0. The number of hydrogen-bond donors (Lipinski definition) is 7. The van der Waals surface area contributed by atoms with Gasteiger partial charge in [-0.3, -0.25) is 24.0 Å². The summed E-state index contributed by atoms with van der Waals surface area (Å²) in [6.45, 7) is 1.30. The lowest BCUT2D eigenvalue weighted by molar-refractivity contribution is -0.150. The summed E-state index contributed by atoms with van der Waals surface area (Å²) < 4.78 is 0. The third kappa shape index (κ3) is 7.77. The number of hydrogen-bond acceptors (Lipinski definition) is 8. The molecule has 0 bridgehead atoms. The van der Waals surface area contributed by atoms with Crippen molar-refractivity contribution in [1.29, 1.82) is 0 Å². The number of likely N-dealkylation sites (tertiary alicyclic amines) is 1. The molecule has 0 spiro atoms. The number of carbonyl (C=O) groups is 6. The van der Waals surface area contributed by atoms with Gasteiger partial charge in [0.25, 0.3) is 0 Å². The minimum atomic E-state index is -1.59. The highest BCUT2D eigenvalue weighted by Gasteiger charge is 2.39. The van der Waals surface area contributed by atoms with Crippen LogP contribution in [0, 0.1) is 0 Å². The summed E-state index contributed by atoms with van der Waals surface area (Å²) in [7, 11) is 0. The van der Waals surface area contributed by atoms with Gasteiger partial charge in [-0.15, -0.1) is 0 Å². The maximum absolute atomic E-state index is 12.9. The lowest BCUT2D eigenvalue weighted by Crippen LogP contribution is -2.60. The van der Waals surface area contributed by atoms with Crippen molar-refractivity contribution in [3.05, 3.63) is 0 Å². The minimum absolute atomic E-state index is 0.119. The van der Waals surface area contributed by atoms with Crippen molar-refractivity contribution in [2.24, 2.45) is 11.5 Å². The number of nitrogens with one attached hydrogen (secondary N) is 2. The van der Waals surface area contributed by atoms with Gasteiger partial charge in [-0.2, -0.15) is 0 Å². The molecule has 0 aliphatic carbocycles. The number of carboxylic acid groups (broad SMARTS) is 2. The van der Waals surface area contributed by atoms with Crippen LogP contribution in [0.25, 0.3) is 0 Å². The average Bonchev–Trinajstić information content (AvgIpc) is 3.17. The average molecular weight is 459 g/mol. The molecule has 0 saturated carbocycles. The van der Waals surface area contributed by atoms with E-state index in [1.165, 1.54) is 6.92 Å². The van der Waals surface area contributed by atoms with Gasteiger partial charge >= 0.3 is 11.9 Å². The van der Waals surface area contributed by atoms with Crippen LogP contribution in [0.1, 0.15) is 39.0 Å². The Morgan fingerprint density at radius 3 is 2.22 bits per heavy atom. The molecule has 0 radical (unpaired) electrons. The van der Waals surface area contributed by atoms with Gasteiger partial charge in [0.05, 0.1) is 18.6 Å². The normalized spacial score (nSPS) is 19.3. The fourth-order valence-corrected chi connectivity index (χ4v) is 3.25. The molecule has 0 aromatic carbocycles. The first-order valence-corrected chi connectivity index (χ1v) is 9.92. The molecule has 14 nitrogen and oxygen atoms in total. The predicted octanol–water partition coefficient (Wildman–Crippen LogP) is -3.52. The monoisotopic (exact) mass is 459 g/mol.